The monoisotopic (exact) mass is 446 g/mol. The summed E-state index contributed by atoms with van der Waals surface area (Å²) in [5.41, 5.74) is 3.51. The highest BCUT2D eigenvalue weighted by atomic mass is 16.7. The van der Waals surface area contributed by atoms with Gasteiger partial charge in [0.15, 0.2) is 0 Å². The van der Waals surface area contributed by atoms with E-state index in [0.29, 0.717) is 11.5 Å². The molecule has 0 radical (unpaired) electrons. The average Bonchev–Trinajstić information content (AvgIpc) is 2.89. The van der Waals surface area contributed by atoms with E-state index in [0.717, 1.165) is 27.1 Å². The molecule has 0 aliphatic rings. The molecule has 0 bridgehead atoms. The van der Waals surface area contributed by atoms with E-state index in [-0.39, 0.29) is 0 Å². The standard InChI is InChI=1S/C29H22N2O3/c32-28(29(33-23-13-3-1-4-14-23)34-24-15-5-2-6-16-24)31-30-20-27-25-17-9-7-11-21(25)19-22-12-8-10-18-26(22)27/h1-20,29H,(H,31,32)/b30-20+. The molecule has 0 aromatic heterocycles. The summed E-state index contributed by atoms with van der Waals surface area (Å²) >= 11 is 0. The predicted molar refractivity (Wildman–Crippen MR) is 135 cm³/mol. The molecule has 0 spiro atoms. The van der Waals surface area contributed by atoms with Crippen LogP contribution in [0.25, 0.3) is 21.5 Å². The first-order valence-corrected chi connectivity index (χ1v) is 10.9. The van der Waals surface area contributed by atoms with Crippen molar-refractivity contribution in [2.75, 3.05) is 0 Å². The van der Waals surface area contributed by atoms with Crippen molar-refractivity contribution in [3.05, 3.63) is 121 Å². The van der Waals surface area contributed by atoms with E-state index in [2.05, 4.69) is 28.7 Å². The first-order chi connectivity index (χ1) is 16.8. The van der Waals surface area contributed by atoms with E-state index in [1.807, 2.05) is 72.8 Å². The van der Waals surface area contributed by atoms with Crippen LogP contribution in [-0.4, -0.2) is 18.4 Å². The summed E-state index contributed by atoms with van der Waals surface area (Å²) in [5, 5.41) is 8.57. The molecule has 5 nitrogen and oxygen atoms in total. The molecule has 0 unspecified atom stereocenters. The topological polar surface area (TPSA) is 59.9 Å². The molecular weight excluding hydrogens is 424 g/mol. The highest BCUT2D eigenvalue weighted by molar-refractivity contribution is 6.13. The highest BCUT2D eigenvalue weighted by Gasteiger charge is 2.22. The molecule has 0 aliphatic heterocycles. The lowest BCUT2D eigenvalue weighted by atomic mass is 9.97. The van der Waals surface area contributed by atoms with Crippen LogP contribution in [0.15, 0.2) is 120 Å². The van der Waals surface area contributed by atoms with E-state index in [9.17, 15) is 4.79 Å². The molecule has 0 atom stereocenters. The Hall–Kier alpha value is -4.64. The van der Waals surface area contributed by atoms with Gasteiger partial charge in [-0.3, -0.25) is 4.79 Å². The normalized spacial score (nSPS) is 11.2. The van der Waals surface area contributed by atoms with E-state index in [1.54, 1.807) is 30.5 Å². The average molecular weight is 447 g/mol. The van der Waals surface area contributed by atoms with Crippen LogP contribution in [0.3, 0.4) is 0 Å². The van der Waals surface area contributed by atoms with Crippen molar-refractivity contribution in [1.29, 1.82) is 0 Å². The van der Waals surface area contributed by atoms with Crippen molar-refractivity contribution in [2.45, 2.75) is 6.29 Å². The van der Waals surface area contributed by atoms with Crippen LogP contribution in [0.2, 0.25) is 0 Å². The van der Waals surface area contributed by atoms with Crippen LogP contribution in [0.5, 0.6) is 11.5 Å². The van der Waals surface area contributed by atoms with Crippen LogP contribution in [-0.2, 0) is 4.79 Å². The number of fused-ring (bicyclic) bond motifs is 2. The molecule has 0 saturated carbocycles. The van der Waals surface area contributed by atoms with Gasteiger partial charge in [-0.2, -0.15) is 5.10 Å². The lowest BCUT2D eigenvalue weighted by molar-refractivity contribution is -0.140. The predicted octanol–water partition coefficient (Wildman–Crippen LogP) is 5.93. The summed E-state index contributed by atoms with van der Waals surface area (Å²) in [5.74, 6) is 0.513. The molecule has 0 heterocycles. The van der Waals surface area contributed by atoms with Crippen molar-refractivity contribution in [1.82, 2.24) is 5.43 Å². The number of nitrogens with zero attached hydrogens (tertiary/aromatic N) is 1. The van der Waals surface area contributed by atoms with Gasteiger partial charge in [-0.25, -0.2) is 5.43 Å². The Bertz CT molecular complexity index is 1350. The van der Waals surface area contributed by atoms with Gasteiger partial charge in [-0.1, -0.05) is 84.9 Å². The molecular formula is C29H22N2O3. The first-order valence-electron chi connectivity index (χ1n) is 10.9. The highest BCUT2D eigenvalue weighted by Crippen LogP contribution is 2.27. The van der Waals surface area contributed by atoms with Gasteiger partial charge in [0.05, 0.1) is 6.21 Å². The molecule has 1 amide bonds. The Balaban J connectivity index is 1.41. The molecule has 5 aromatic rings. The lowest BCUT2D eigenvalue weighted by Gasteiger charge is -2.18. The van der Waals surface area contributed by atoms with Crippen LogP contribution in [0.1, 0.15) is 5.56 Å². The molecule has 5 aromatic carbocycles. The number of ether oxygens (including phenoxy) is 2. The number of hydrogen-bond acceptors (Lipinski definition) is 4. The summed E-state index contributed by atoms with van der Waals surface area (Å²) in [7, 11) is 0. The van der Waals surface area contributed by atoms with Gasteiger partial charge < -0.3 is 9.47 Å². The van der Waals surface area contributed by atoms with Gasteiger partial charge >= 0.3 is 12.2 Å². The Morgan fingerprint density at radius 2 is 1.15 bits per heavy atom. The smallest absolute Gasteiger partial charge is 0.323 e. The Morgan fingerprint density at radius 3 is 1.68 bits per heavy atom. The zero-order valence-electron chi connectivity index (χ0n) is 18.3. The summed E-state index contributed by atoms with van der Waals surface area (Å²) in [4.78, 5) is 13.0. The molecule has 0 fully saturated rings. The van der Waals surface area contributed by atoms with Gasteiger partial charge in [0.1, 0.15) is 11.5 Å². The van der Waals surface area contributed by atoms with Crippen molar-refractivity contribution in [3.8, 4) is 11.5 Å². The van der Waals surface area contributed by atoms with Crippen LogP contribution < -0.4 is 14.9 Å². The zero-order chi connectivity index (χ0) is 23.2. The zero-order valence-corrected chi connectivity index (χ0v) is 18.3. The van der Waals surface area contributed by atoms with E-state index < -0.39 is 12.2 Å². The fourth-order valence-corrected chi connectivity index (χ4v) is 3.78. The minimum absolute atomic E-state index is 0.516. The number of nitrogens with one attached hydrogen (secondary N) is 1. The number of carbonyl (C=O) groups excluding carboxylic acids is 1. The third kappa shape index (κ3) is 4.74. The summed E-state index contributed by atoms with van der Waals surface area (Å²) in [6.45, 7) is 0. The maximum atomic E-state index is 13.0. The van der Waals surface area contributed by atoms with Crippen molar-refractivity contribution in [2.24, 2.45) is 5.10 Å². The lowest BCUT2D eigenvalue weighted by Crippen LogP contribution is -2.40. The maximum Gasteiger partial charge on any atom is 0.323 e. The van der Waals surface area contributed by atoms with Crippen LogP contribution in [0, 0.1) is 0 Å². The molecule has 5 rings (SSSR count). The minimum atomic E-state index is -1.22. The number of hydrazone groups is 1. The summed E-state index contributed by atoms with van der Waals surface area (Å²) < 4.78 is 11.6. The Morgan fingerprint density at radius 1 is 0.676 bits per heavy atom. The van der Waals surface area contributed by atoms with Gasteiger partial charge in [-0.05, 0) is 51.9 Å². The molecule has 0 saturated heterocycles. The molecule has 34 heavy (non-hydrogen) atoms. The number of carbonyl (C=O) groups is 1. The SMILES string of the molecule is O=C(N/N=C/c1c2ccccc2cc2ccccc12)C(Oc1ccccc1)Oc1ccccc1. The number of benzene rings is 5. The van der Waals surface area contributed by atoms with Crippen LogP contribution >= 0.6 is 0 Å². The Labute approximate surface area is 197 Å². The van der Waals surface area contributed by atoms with Crippen LogP contribution in [0.4, 0.5) is 0 Å². The minimum Gasteiger partial charge on any atom is -0.446 e. The maximum absolute atomic E-state index is 13.0. The third-order valence-corrected chi connectivity index (χ3v) is 5.37. The van der Waals surface area contributed by atoms with E-state index in [4.69, 9.17) is 9.47 Å². The van der Waals surface area contributed by atoms with E-state index in [1.165, 1.54) is 0 Å². The fourth-order valence-electron chi connectivity index (χ4n) is 3.78. The molecule has 0 aliphatic carbocycles. The van der Waals surface area contributed by atoms with E-state index >= 15 is 0 Å². The third-order valence-electron chi connectivity index (χ3n) is 5.37. The van der Waals surface area contributed by atoms with Crippen molar-refractivity contribution < 1.29 is 14.3 Å². The number of hydrogen-bond donors (Lipinski definition) is 1. The van der Waals surface area contributed by atoms with Crippen molar-refractivity contribution in [3.63, 3.8) is 0 Å². The summed E-state index contributed by atoms with van der Waals surface area (Å²) in [6, 6.07) is 36.5. The molecule has 1 N–H and O–H groups in total. The number of rotatable bonds is 7. The summed E-state index contributed by atoms with van der Waals surface area (Å²) in [6.07, 6.45) is 0.455. The largest absolute Gasteiger partial charge is 0.446 e. The number of para-hydroxylation sites is 2. The van der Waals surface area contributed by atoms with Gasteiger partial charge in [0.2, 0.25) is 0 Å². The second-order valence-electron chi connectivity index (χ2n) is 7.66. The first kappa shape index (κ1) is 21.2. The second-order valence-corrected chi connectivity index (χ2v) is 7.66. The molecule has 166 valence electrons. The fraction of sp³-hybridized carbons (Fsp3) is 0.0345. The Kier molecular flexibility index (Phi) is 6.16. The number of amides is 1. The second kappa shape index (κ2) is 9.88. The molecule has 5 heteroatoms. The van der Waals surface area contributed by atoms with Gasteiger partial charge in [0.25, 0.3) is 0 Å². The van der Waals surface area contributed by atoms with Crippen molar-refractivity contribution >= 4 is 33.7 Å². The van der Waals surface area contributed by atoms with Gasteiger partial charge in [-0.15, -0.1) is 0 Å². The quantitative estimate of drug-likeness (QED) is 0.146. The van der Waals surface area contributed by atoms with Gasteiger partial charge in [0, 0.05) is 5.56 Å².